The summed E-state index contributed by atoms with van der Waals surface area (Å²) in [5.41, 5.74) is 9.34. The lowest BCUT2D eigenvalue weighted by molar-refractivity contribution is 0.603. The van der Waals surface area contributed by atoms with Crippen molar-refractivity contribution >= 4 is 34.0 Å². The van der Waals surface area contributed by atoms with Gasteiger partial charge in [-0.05, 0) is 31.3 Å². The third-order valence-electron chi connectivity index (χ3n) is 2.12. The second-order valence-corrected chi connectivity index (χ2v) is 3.76. The zero-order chi connectivity index (χ0) is 11.5. The maximum absolute atomic E-state index is 5.61. The van der Waals surface area contributed by atoms with Gasteiger partial charge in [0.05, 0.1) is 0 Å². The monoisotopic (exact) mass is 233 g/mol. The molecule has 1 aromatic heterocycles. The summed E-state index contributed by atoms with van der Waals surface area (Å²) in [6.07, 6.45) is 0. The second-order valence-electron chi connectivity index (χ2n) is 3.32. The van der Waals surface area contributed by atoms with Crippen LogP contribution in [-0.4, -0.2) is 10.8 Å². The summed E-state index contributed by atoms with van der Waals surface area (Å²) in [5, 5.41) is 5.17. The molecule has 0 bridgehead atoms. The van der Waals surface area contributed by atoms with E-state index in [0.29, 0.717) is 11.5 Å². The molecule has 0 unspecified atom stereocenters. The summed E-state index contributed by atoms with van der Waals surface area (Å²) in [5.74, 6) is 0.699. The number of nitrogens with two attached hydrogens (primary N) is 1. The minimum atomic E-state index is 0.135. The number of para-hydroxylation sites is 1. The van der Waals surface area contributed by atoms with Crippen molar-refractivity contribution in [3.63, 3.8) is 0 Å². The fraction of sp³-hybridized carbons (Fsp3) is 0.0909. The summed E-state index contributed by atoms with van der Waals surface area (Å²) in [6.45, 7) is 1.82. The second kappa shape index (κ2) is 4.32. The average Bonchev–Trinajstić information content (AvgIpc) is 2.69. The Balaban J connectivity index is 2.33. The Morgan fingerprint density at radius 2 is 2.19 bits per heavy atom. The topological polar surface area (TPSA) is 63.5 Å². The van der Waals surface area contributed by atoms with Gasteiger partial charge in [0.1, 0.15) is 11.3 Å². The molecule has 0 radical (unpaired) electrons. The van der Waals surface area contributed by atoms with Gasteiger partial charge in [0.2, 0.25) is 0 Å². The van der Waals surface area contributed by atoms with Crippen LogP contribution in [0.25, 0.3) is 11.0 Å². The van der Waals surface area contributed by atoms with Gasteiger partial charge in [0.15, 0.2) is 10.9 Å². The zero-order valence-corrected chi connectivity index (χ0v) is 9.54. The molecule has 3 N–H and O–H groups in total. The molecule has 82 valence electrons. The van der Waals surface area contributed by atoms with Gasteiger partial charge in [-0.1, -0.05) is 18.2 Å². The highest BCUT2D eigenvalue weighted by atomic mass is 32.1. The van der Waals surface area contributed by atoms with Crippen molar-refractivity contribution < 1.29 is 4.42 Å². The van der Waals surface area contributed by atoms with Crippen LogP contribution in [0, 0.1) is 0 Å². The highest BCUT2D eigenvalue weighted by Crippen LogP contribution is 2.19. The van der Waals surface area contributed by atoms with E-state index in [1.54, 1.807) is 0 Å². The van der Waals surface area contributed by atoms with E-state index in [2.05, 4.69) is 22.7 Å². The van der Waals surface area contributed by atoms with E-state index in [1.165, 1.54) is 0 Å². The Morgan fingerprint density at radius 1 is 1.44 bits per heavy atom. The molecule has 5 heteroatoms. The van der Waals surface area contributed by atoms with Crippen LogP contribution in [0.3, 0.4) is 0 Å². The quantitative estimate of drug-likeness (QED) is 0.473. The lowest BCUT2D eigenvalue weighted by Gasteiger charge is -1.97. The number of furan rings is 1. The molecular weight excluding hydrogens is 222 g/mol. The van der Waals surface area contributed by atoms with Gasteiger partial charge >= 0.3 is 0 Å². The highest BCUT2D eigenvalue weighted by molar-refractivity contribution is 7.80. The Morgan fingerprint density at radius 3 is 2.88 bits per heavy atom. The first-order valence-electron chi connectivity index (χ1n) is 4.75. The lowest BCUT2D eigenvalue weighted by Crippen LogP contribution is -2.25. The van der Waals surface area contributed by atoms with Crippen molar-refractivity contribution in [1.29, 1.82) is 0 Å². The van der Waals surface area contributed by atoms with Crippen molar-refractivity contribution in [2.24, 2.45) is 10.8 Å². The molecule has 2 aromatic rings. The molecule has 0 atom stereocenters. The van der Waals surface area contributed by atoms with E-state index in [0.717, 1.165) is 11.0 Å². The number of fused-ring (bicyclic) bond motifs is 1. The molecule has 16 heavy (non-hydrogen) atoms. The normalized spacial score (nSPS) is 11.7. The van der Waals surface area contributed by atoms with Crippen molar-refractivity contribution in [3.05, 3.63) is 36.1 Å². The third-order valence-corrected chi connectivity index (χ3v) is 2.21. The first-order chi connectivity index (χ1) is 7.66. The predicted octanol–water partition coefficient (Wildman–Crippen LogP) is 1.99. The number of thiocarbonyl (C=S) groups is 1. The van der Waals surface area contributed by atoms with Gasteiger partial charge in [-0.2, -0.15) is 5.10 Å². The number of rotatable bonds is 2. The minimum Gasteiger partial charge on any atom is -0.455 e. The van der Waals surface area contributed by atoms with Crippen LogP contribution in [0.1, 0.15) is 12.7 Å². The number of nitrogens with zero attached hydrogens (tertiary/aromatic N) is 1. The Labute approximate surface area is 98.1 Å². The predicted molar refractivity (Wildman–Crippen MR) is 68.3 cm³/mol. The molecule has 0 aliphatic rings. The highest BCUT2D eigenvalue weighted by Gasteiger charge is 2.05. The number of hydrogen-bond donors (Lipinski definition) is 2. The maximum Gasteiger partial charge on any atom is 0.184 e. The van der Waals surface area contributed by atoms with Crippen LogP contribution in [0.5, 0.6) is 0 Å². The van der Waals surface area contributed by atoms with Gasteiger partial charge in [0.25, 0.3) is 0 Å². The largest absolute Gasteiger partial charge is 0.455 e. The number of hydrogen-bond acceptors (Lipinski definition) is 3. The van der Waals surface area contributed by atoms with Gasteiger partial charge in [-0.15, -0.1) is 0 Å². The minimum absolute atomic E-state index is 0.135. The Hall–Kier alpha value is -1.88. The van der Waals surface area contributed by atoms with Gasteiger partial charge in [0, 0.05) is 5.39 Å². The fourth-order valence-electron chi connectivity index (χ4n) is 1.35. The van der Waals surface area contributed by atoms with Gasteiger partial charge < -0.3 is 10.2 Å². The van der Waals surface area contributed by atoms with E-state index < -0.39 is 0 Å². The van der Waals surface area contributed by atoms with Crippen LogP contribution in [0.4, 0.5) is 0 Å². The number of benzene rings is 1. The van der Waals surface area contributed by atoms with Crippen LogP contribution in [-0.2, 0) is 0 Å². The van der Waals surface area contributed by atoms with Crippen molar-refractivity contribution in [1.82, 2.24) is 5.43 Å². The molecule has 0 aliphatic heterocycles. The summed E-state index contributed by atoms with van der Waals surface area (Å²) in [7, 11) is 0. The number of hydrazone groups is 1. The van der Waals surface area contributed by atoms with Crippen LogP contribution in [0.2, 0.25) is 0 Å². The molecule has 0 saturated heterocycles. The zero-order valence-electron chi connectivity index (χ0n) is 8.73. The summed E-state index contributed by atoms with van der Waals surface area (Å²) in [6, 6.07) is 9.70. The van der Waals surface area contributed by atoms with E-state index in [9.17, 15) is 0 Å². The summed E-state index contributed by atoms with van der Waals surface area (Å²) in [4.78, 5) is 0. The molecule has 4 nitrogen and oxygen atoms in total. The average molecular weight is 233 g/mol. The van der Waals surface area contributed by atoms with E-state index in [1.807, 2.05) is 37.3 Å². The standard InChI is InChI=1S/C11H11N3OS/c1-7(13-14-11(12)16)10-6-8-4-2-3-5-9(8)15-10/h2-6H,1H3,(H3,12,14,16)/b13-7+. The molecule has 0 saturated carbocycles. The summed E-state index contributed by atoms with van der Waals surface area (Å²) >= 11 is 4.66. The van der Waals surface area contributed by atoms with E-state index >= 15 is 0 Å². The van der Waals surface area contributed by atoms with Crippen LogP contribution < -0.4 is 11.2 Å². The van der Waals surface area contributed by atoms with Crippen molar-refractivity contribution in [2.45, 2.75) is 6.92 Å². The Kier molecular flexibility index (Phi) is 2.87. The van der Waals surface area contributed by atoms with Crippen molar-refractivity contribution in [2.75, 3.05) is 0 Å². The molecule has 1 aromatic carbocycles. The molecule has 2 rings (SSSR count). The molecule has 0 aliphatic carbocycles. The van der Waals surface area contributed by atoms with Crippen molar-refractivity contribution in [3.8, 4) is 0 Å². The first-order valence-corrected chi connectivity index (χ1v) is 5.16. The van der Waals surface area contributed by atoms with Crippen LogP contribution in [0.15, 0.2) is 39.9 Å². The van der Waals surface area contributed by atoms with Crippen LogP contribution >= 0.6 is 12.2 Å². The molecule has 1 heterocycles. The molecule has 0 fully saturated rings. The third kappa shape index (κ3) is 2.20. The smallest absolute Gasteiger partial charge is 0.184 e. The lowest BCUT2D eigenvalue weighted by atomic mass is 10.2. The number of nitrogens with one attached hydrogen (secondary N) is 1. The van der Waals surface area contributed by atoms with Gasteiger partial charge in [-0.3, -0.25) is 5.43 Å². The van der Waals surface area contributed by atoms with E-state index in [4.69, 9.17) is 10.2 Å². The SMILES string of the molecule is C/C(=N\NC(N)=S)c1cc2ccccc2o1. The fourth-order valence-corrected chi connectivity index (χ4v) is 1.40. The Bertz CT molecular complexity index is 526. The molecule has 0 spiro atoms. The van der Waals surface area contributed by atoms with E-state index in [-0.39, 0.29) is 5.11 Å². The molecule has 0 amide bonds. The van der Waals surface area contributed by atoms with Gasteiger partial charge in [-0.25, -0.2) is 0 Å². The maximum atomic E-state index is 5.61. The summed E-state index contributed by atoms with van der Waals surface area (Å²) < 4.78 is 5.61. The first kappa shape index (κ1) is 10.6. The molecular formula is C11H11N3OS.